The smallest absolute Gasteiger partial charge is 0.417 e. The number of hydrogen-bond acceptors (Lipinski definition) is 6. The van der Waals surface area contributed by atoms with Crippen LogP contribution in [0.1, 0.15) is 24.2 Å². The molecular weight excluding hydrogens is 340 g/mol. The number of hydrogen-bond donors (Lipinski definition) is 3. The topological polar surface area (TPSA) is 106 Å². The van der Waals surface area contributed by atoms with Gasteiger partial charge in [0.25, 0.3) is 5.91 Å². The van der Waals surface area contributed by atoms with Gasteiger partial charge in [-0.2, -0.15) is 0 Å². The molecule has 0 aliphatic heterocycles. The minimum absolute atomic E-state index is 0.249. The standard InChI is InChI=1S/C18H20N2O6/c1-3-24-15-10-9-14(11-16(15)25-4-2)26-18(22)19-13-7-5-12(6-8-13)17(21)20-23/h5-11,23H,3-4H2,1-2H3,(H,19,22)(H,20,21). The summed E-state index contributed by atoms with van der Waals surface area (Å²) in [7, 11) is 0. The minimum atomic E-state index is -0.698. The highest BCUT2D eigenvalue weighted by atomic mass is 16.6. The summed E-state index contributed by atoms with van der Waals surface area (Å²) in [6, 6.07) is 10.8. The molecule has 0 fully saturated rings. The molecule has 0 aliphatic carbocycles. The Kier molecular flexibility index (Phi) is 6.81. The zero-order chi connectivity index (χ0) is 18.9. The van der Waals surface area contributed by atoms with Gasteiger partial charge in [-0.25, -0.2) is 10.3 Å². The lowest BCUT2D eigenvalue weighted by molar-refractivity contribution is 0.0706. The van der Waals surface area contributed by atoms with Gasteiger partial charge in [0.1, 0.15) is 5.75 Å². The van der Waals surface area contributed by atoms with Gasteiger partial charge in [-0.1, -0.05) is 0 Å². The first-order chi connectivity index (χ1) is 12.6. The molecule has 0 radical (unpaired) electrons. The molecule has 138 valence electrons. The molecule has 0 aliphatic rings. The number of rotatable bonds is 7. The highest BCUT2D eigenvalue weighted by Crippen LogP contribution is 2.31. The Morgan fingerprint density at radius 3 is 2.23 bits per heavy atom. The maximum Gasteiger partial charge on any atom is 0.417 e. The van der Waals surface area contributed by atoms with E-state index in [1.54, 1.807) is 18.2 Å². The lowest BCUT2D eigenvalue weighted by Crippen LogP contribution is -2.19. The predicted molar refractivity (Wildman–Crippen MR) is 94.1 cm³/mol. The van der Waals surface area contributed by atoms with Crippen molar-refractivity contribution >= 4 is 17.7 Å². The average molecular weight is 360 g/mol. The molecule has 0 bridgehead atoms. The normalized spacial score (nSPS) is 9.96. The third kappa shape index (κ3) is 5.12. The molecule has 2 amide bonds. The molecule has 3 N–H and O–H groups in total. The molecule has 2 aromatic carbocycles. The van der Waals surface area contributed by atoms with Crippen molar-refractivity contribution in [1.29, 1.82) is 0 Å². The molecule has 0 unspecified atom stereocenters. The number of ether oxygens (including phenoxy) is 3. The van der Waals surface area contributed by atoms with E-state index < -0.39 is 12.0 Å². The van der Waals surface area contributed by atoms with Gasteiger partial charge in [0.2, 0.25) is 0 Å². The van der Waals surface area contributed by atoms with Crippen molar-refractivity contribution in [3.63, 3.8) is 0 Å². The Hall–Kier alpha value is -3.26. The fourth-order valence-electron chi connectivity index (χ4n) is 2.11. The third-order valence-electron chi connectivity index (χ3n) is 3.22. The van der Waals surface area contributed by atoms with Gasteiger partial charge in [-0.15, -0.1) is 0 Å². The summed E-state index contributed by atoms with van der Waals surface area (Å²) in [5.74, 6) is 0.710. The fourth-order valence-corrected chi connectivity index (χ4v) is 2.11. The van der Waals surface area contributed by atoms with Gasteiger partial charge in [0.05, 0.1) is 13.2 Å². The maximum atomic E-state index is 12.0. The molecule has 0 atom stereocenters. The molecule has 26 heavy (non-hydrogen) atoms. The minimum Gasteiger partial charge on any atom is -0.490 e. The van der Waals surface area contributed by atoms with Crippen LogP contribution in [0.25, 0.3) is 0 Å². The number of amides is 2. The van der Waals surface area contributed by atoms with E-state index in [9.17, 15) is 9.59 Å². The van der Waals surface area contributed by atoms with Gasteiger partial charge < -0.3 is 14.2 Å². The van der Waals surface area contributed by atoms with Crippen LogP contribution in [0.5, 0.6) is 17.2 Å². The highest BCUT2D eigenvalue weighted by molar-refractivity contribution is 5.94. The van der Waals surface area contributed by atoms with Crippen molar-refractivity contribution < 1.29 is 29.0 Å². The monoisotopic (exact) mass is 360 g/mol. The van der Waals surface area contributed by atoms with E-state index in [1.165, 1.54) is 29.7 Å². The summed E-state index contributed by atoms with van der Waals surface area (Å²) >= 11 is 0. The Bertz CT molecular complexity index is 761. The summed E-state index contributed by atoms with van der Waals surface area (Å²) in [5, 5.41) is 11.1. The van der Waals surface area contributed by atoms with Crippen LogP contribution >= 0.6 is 0 Å². The fraction of sp³-hybridized carbons (Fsp3) is 0.222. The summed E-state index contributed by atoms with van der Waals surface area (Å²) in [6.07, 6.45) is -0.698. The van der Waals surface area contributed by atoms with Gasteiger partial charge in [0.15, 0.2) is 11.5 Å². The Balaban J connectivity index is 2.02. The molecule has 2 rings (SSSR count). The van der Waals surface area contributed by atoms with E-state index in [4.69, 9.17) is 19.4 Å². The van der Waals surface area contributed by atoms with E-state index >= 15 is 0 Å². The summed E-state index contributed by atoms with van der Waals surface area (Å²) < 4.78 is 16.2. The quantitative estimate of drug-likeness (QED) is 0.517. The zero-order valence-electron chi connectivity index (χ0n) is 14.4. The molecule has 0 aromatic heterocycles. The number of carbonyl (C=O) groups is 2. The number of hydroxylamine groups is 1. The van der Waals surface area contributed by atoms with Crippen LogP contribution in [0.15, 0.2) is 42.5 Å². The number of benzene rings is 2. The molecule has 0 heterocycles. The van der Waals surface area contributed by atoms with Gasteiger partial charge >= 0.3 is 6.09 Å². The summed E-state index contributed by atoms with van der Waals surface area (Å²) in [5.41, 5.74) is 2.21. The largest absolute Gasteiger partial charge is 0.490 e. The number of anilines is 1. The molecule has 8 heteroatoms. The highest BCUT2D eigenvalue weighted by Gasteiger charge is 2.11. The molecule has 0 saturated heterocycles. The van der Waals surface area contributed by atoms with Crippen molar-refractivity contribution in [2.45, 2.75) is 13.8 Å². The van der Waals surface area contributed by atoms with Crippen molar-refractivity contribution in [2.24, 2.45) is 0 Å². The molecule has 0 saturated carbocycles. The van der Waals surface area contributed by atoms with Crippen LogP contribution in [0.2, 0.25) is 0 Å². The summed E-state index contributed by atoms with van der Waals surface area (Å²) in [6.45, 7) is 4.65. The SMILES string of the molecule is CCOc1ccc(OC(=O)Nc2ccc(C(=O)NO)cc2)cc1OCC. The molecule has 2 aromatic rings. The van der Waals surface area contributed by atoms with Crippen molar-refractivity contribution in [1.82, 2.24) is 5.48 Å². The first kappa shape index (κ1) is 19.1. The number of nitrogens with one attached hydrogen (secondary N) is 2. The Morgan fingerprint density at radius 1 is 0.962 bits per heavy atom. The average Bonchev–Trinajstić information content (AvgIpc) is 2.64. The van der Waals surface area contributed by atoms with Crippen molar-refractivity contribution in [2.75, 3.05) is 18.5 Å². The first-order valence-corrected chi connectivity index (χ1v) is 8.00. The lowest BCUT2D eigenvalue weighted by Gasteiger charge is -2.12. The van der Waals surface area contributed by atoms with Crippen LogP contribution in [0.3, 0.4) is 0 Å². The zero-order valence-corrected chi connectivity index (χ0v) is 14.4. The van der Waals surface area contributed by atoms with Crippen molar-refractivity contribution in [3.8, 4) is 17.2 Å². The summed E-state index contributed by atoms with van der Waals surface area (Å²) in [4.78, 5) is 23.3. The van der Waals surface area contributed by atoms with Crippen LogP contribution < -0.4 is 25.0 Å². The Morgan fingerprint density at radius 2 is 1.62 bits per heavy atom. The van der Waals surface area contributed by atoms with Gasteiger partial charge in [0, 0.05) is 17.3 Å². The van der Waals surface area contributed by atoms with E-state index in [0.717, 1.165) is 0 Å². The van der Waals surface area contributed by atoms with Crippen LogP contribution in [-0.2, 0) is 0 Å². The van der Waals surface area contributed by atoms with Gasteiger partial charge in [-0.05, 0) is 50.2 Å². The second-order valence-electron chi connectivity index (χ2n) is 5.01. The second-order valence-corrected chi connectivity index (χ2v) is 5.01. The van der Waals surface area contributed by atoms with Gasteiger partial charge in [-0.3, -0.25) is 15.3 Å². The van der Waals surface area contributed by atoms with E-state index in [1.807, 2.05) is 13.8 Å². The third-order valence-corrected chi connectivity index (χ3v) is 3.22. The van der Waals surface area contributed by atoms with E-state index in [2.05, 4.69) is 5.32 Å². The molecular formula is C18H20N2O6. The lowest BCUT2D eigenvalue weighted by atomic mass is 10.2. The van der Waals surface area contributed by atoms with Crippen LogP contribution in [0.4, 0.5) is 10.5 Å². The number of carbonyl (C=O) groups excluding carboxylic acids is 2. The van der Waals surface area contributed by atoms with Crippen LogP contribution in [-0.4, -0.2) is 30.4 Å². The van der Waals surface area contributed by atoms with E-state index in [-0.39, 0.29) is 5.56 Å². The molecule has 8 nitrogen and oxygen atoms in total. The maximum absolute atomic E-state index is 12.0. The first-order valence-electron chi connectivity index (χ1n) is 8.00. The van der Waals surface area contributed by atoms with Crippen molar-refractivity contribution in [3.05, 3.63) is 48.0 Å². The predicted octanol–water partition coefficient (Wildman–Crippen LogP) is 3.21. The second kappa shape index (κ2) is 9.28. The molecule has 0 spiro atoms. The van der Waals surface area contributed by atoms with Crippen LogP contribution in [0, 0.1) is 0 Å². The Labute approximate surface area is 150 Å². The van der Waals surface area contributed by atoms with E-state index in [0.29, 0.717) is 36.1 Å².